The Morgan fingerprint density at radius 1 is 1.16 bits per heavy atom. The topological polar surface area (TPSA) is 35.8 Å². The Labute approximate surface area is 195 Å². The van der Waals surface area contributed by atoms with E-state index in [4.69, 9.17) is 16.6 Å². The standard InChI is InChI=1S/C25H31ClN2OP2/c1-15-14-27-23(25(15)21-13-19(30)4-5-22(21)26)11-17-7-9-28(10-8-17)16(2)20-12-18(29)3-6-24(20)31/h3-6,12-14,16-17,23,29H,7-11,30-31H2,1-2H3. The molecule has 2 aromatic carbocycles. The van der Waals surface area contributed by atoms with E-state index in [9.17, 15) is 5.11 Å². The average molecular weight is 473 g/mol. The molecule has 0 bridgehead atoms. The Morgan fingerprint density at radius 2 is 1.90 bits per heavy atom. The number of rotatable bonds is 5. The maximum absolute atomic E-state index is 9.91. The third-order valence-electron chi connectivity index (χ3n) is 6.76. The van der Waals surface area contributed by atoms with Gasteiger partial charge in [0.25, 0.3) is 0 Å². The Kier molecular flexibility index (Phi) is 7.19. The summed E-state index contributed by atoms with van der Waals surface area (Å²) in [6.07, 6.45) is 5.44. The zero-order valence-electron chi connectivity index (χ0n) is 18.2. The Hall–Kier alpha value is -1.24. The first kappa shape index (κ1) is 22.9. The van der Waals surface area contributed by atoms with Gasteiger partial charge in [0.15, 0.2) is 0 Å². The summed E-state index contributed by atoms with van der Waals surface area (Å²) >= 11 is 6.56. The molecule has 1 saturated heterocycles. The number of benzene rings is 2. The van der Waals surface area contributed by atoms with Crippen molar-refractivity contribution in [2.24, 2.45) is 10.9 Å². The van der Waals surface area contributed by atoms with Gasteiger partial charge in [0.2, 0.25) is 0 Å². The first-order chi connectivity index (χ1) is 14.8. The molecule has 0 aromatic heterocycles. The molecule has 4 atom stereocenters. The van der Waals surface area contributed by atoms with Crippen LogP contribution in [-0.4, -0.2) is 35.4 Å². The number of phenols is 1. The van der Waals surface area contributed by atoms with Crippen molar-refractivity contribution in [1.82, 2.24) is 4.90 Å². The summed E-state index contributed by atoms with van der Waals surface area (Å²) in [7, 11) is 5.57. The summed E-state index contributed by atoms with van der Waals surface area (Å²) in [5, 5.41) is 13.0. The van der Waals surface area contributed by atoms with Crippen LogP contribution < -0.4 is 10.6 Å². The van der Waals surface area contributed by atoms with Crippen LogP contribution in [0.5, 0.6) is 5.75 Å². The van der Waals surface area contributed by atoms with Crippen molar-refractivity contribution in [2.75, 3.05) is 13.1 Å². The highest BCUT2D eigenvalue weighted by molar-refractivity contribution is 7.27. The lowest BCUT2D eigenvalue weighted by atomic mass is 9.85. The number of aromatic hydroxyl groups is 1. The van der Waals surface area contributed by atoms with E-state index in [1.807, 2.05) is 30.5 Å². The second kappa shape index (κ2) is 9.72. The van der Waals surface area contributed by atoms with Crippen LogP contribution in [0.2, 0.25) is 5.02 Å². The highest BCUT2D eigenvalue weighted by Crippen LogP contribution is 2.38. The van der Waals surface area contributed by atoms with Gasteiger partial charge in [0.05, 0.1) is 6.04 Å². The quantitative estimate of drug-likeness (QED) is 0.612. The molecule has 2 aromatic rings. The molecule has 0 aliphatic carbocycles. The lowest BCUT2D eigenvalue weighted by Crippen LogP contribution is -2.37. The molecule has 0 spiro atoms. The molecule has 164 valence electrons. The molecule has 4 rings (SSSR count). The predicted octanol–water partition coefficient (Wildman–Crippen LogP) is 5.14. The number of hydrogen-bond acceptors (Lipinski definition) is 3. The third-order valence-corrected chi connectivity index (χ3v) is 7.98. The largest absolute Gasteiger partial charge is 0.508 e. The lowest BCUT2D eigenvalue weighted by Gasteiger charge is -2.37. The minimum absolute atomic E-state index is 0.197. The molecular formula is C25H31ClN2OP2. The van der Waals surface area contributed by atoms with Crippen LogP contribution >= 0.6 is 30.1 Å². The van der Waals surface area contributed by atoms with Crippen molar-refractivity contribution < 1.29 is 5.11 Å². The van der Waals surface area contributed by atoms with Gasteiger partial charge >= 0.3 is 0 Å². The van der Waals surface area contributed by atoms with Crippen LogP contribution in [-0.2, 0) is 0 Å². The van der Waals surface area contributed by atoms with Crippen molar-refractivity contribution in [1.29, 1.82) is 0 Å². The normalized spacial score (nSPS) is 21.1. The van der Waals surface area contributed by atoms with Crippen LogP contribution in [0.15, 0.2) is 47.0 Å². The lowest BCUT2D eigenvalue weighted by molar-refractivity contribution is 0.137. The van der Waals surface area contributed by atoms with E-state index < -0.39 is 0 Å². The maximum atomic E-state index is 9.91. The Balaban J connectivity index is 1.41. The van der Waals surface area contributed by atoms with Gasteiger partial charge in [-0.15, -0.1) is 18.5 Å². The molecule has 2 aliphatic rings. The zero-order chi connectivity index (χ0) is 22.1. The molecule has 2 heterocycles. The summed E-state index contributed by atoms with van der Waals surface area (Å²) in [5.41, 5.74) is 4.83. The summed E-state index contributed by atoms with van der Waals surface area (Å²) in [4.78, 5) is 7.39. The molecular weight excluding hydrogens is 442 g/mol. The molecule has 0 radical (unpaired) electrons. The molecule has 0 saturated carbocycles. The van der Waals surface area contributed by atoms with Crippen LogP contribution in [0.25, 0.3) is 5.57 Å². The van der Waals surface area contributed by atoms with Gasteiger partial charge in [-0.1, -0.05) is 23.7 Å². The zero-order valence-corrected chi connectivity index (χ0v) is 21.2. The average Bonchev–Trinajstić information content (AvgIpc) is 3.11. The number of nitrogens with zero attached hydrogens (tertiary/aromatic N) is 2. The first-order valence-corrected chi connectivity index (χ1v) is 12.5. The van der Waals surface area contributed by atoms with Crippen LogP contribution in [0.1, 0.15) is 50.3 Å². The number of piperidine rings is 1. The van der Waals surface area contributed by atoms with E-state index in [1.54, 1.807) is 6.07 Å². The number of likely N-dealkylation sites (tertiary alicyclic amines) is 1. The molecule has 31 heavy (non-hydrogen) atoms. The molecule has 4 unspecified atom stereocenters. The van der Waals surface area contributed by atoms with Crippen LogP contribution in [0.4, 0.5) is 0 Å². The second-order valence-electron chi connectivity index (χ2n) is 8.83. The first-order valence-electron chi connectivity index (χ1n) is 10.9. The summed E-state index contributed by atoms with van der Waals surface area (Å²) < 4.78 is 0. The number of hydrogen-bond donors (Lipinski definition) is 1. The Bertz CT molecular complexity index is 1030. The van der Waals surface area contributed by atoms with Crippen LogP contribution in [0.3, 0.4) is 0 Å². The van der Waals surface area contributed by atoms with E-state index in [1.165, 1.54) is 29.6 Å². The highest BCUT2D eigenvalue weighted by atomic mass is 35.5. The van der Waals surface area contributed by atoms with Gasteiger partial charge in [0, 0.05) is 17.3 Å². The fourth-order valence-corrected chi connectivity index (χ4v) is 5.84. The summed E-state index contributed by atoms with van der Waals surface area (Å²) in [6, 6.07) is 12.3. The van der Waals surface area contributed by atoms with Gasteiger partial charge in [0.1, 0.15) is 5.75 Å². The van der Waals surface area contributed by atoms with Crippen molar-refractivity contribution in [3.05, 3.63) is 58.1 Å². The minimum Gasteiger partial charge on any atom is -0.508 e. The van der Waals surface area contributed by atoms with Gasteiger partial charge in [-0.2, -0.15) is 0 Å². The van der Waals surface area contributed by atoms with Crippen molar-refractivity contribution in [2.45, 2.75) is 45.2 Å². The SMILES string of the molecule is CC1=C(c2cc(P)ccc2Cl)C(CC2CCN(C(C)c3cc(O)ccc3P)CC2)N=C1. The second-order valence-corrected chi connectivity index (χ2v) is 10.5. The van der Waals surface area contributed by atoms with E-state index in [0.29, 0.717) is 17.7 Å². The van der Waals surface area contributed by atoms with Gasteiger partial charge in [-0.05, 0) is 109 Å². The van der Waals surface area contributed by atoms with Crippen LogP contribution in [0, 0.1) is 5.92 Å². The number of allylic oxidation sites excluding steroid dienone is 1. The monoisotopic (exact) mass is 472 g/mol. The summed E-state index contributed by atoms with van der Waals surface area (Å²) in [6.45, 7) is 6.53. The fraction of sp³-hybridized carbons (Fsp3) is 0.400. The molecule has 0 amide bonds. The Morgan fingerprint density at radius 3 is 2.65 bits per heavy atom. The number of phenolic OH excluding ortho intramolecular Hbond substituents is 1. The minimum atomic E-state index is 0.197. The smallest absolute Gasteiger partial charge is 0.115 e. The van der Waals surface area contributed by atoms with E-state index >= 15 is 0 Å². The van der Waals surface area contributed by atoms with Gasteiger partial charge < -0.3 is 5.11 Å². The van der Waals surface area contributed by atoms with Gasteiger partial charge in [-0.25, -0.2) is 0 Å². The summed E-state index contributed by atoms with van der Waals surface area (Å²) in [5.74, 6) is 0.994. The molecule has 6 heteroatoms. The third kappa shape index (κ3) is 5.07. The van der Waals surface area contributed by atoms with E-state index in [0.717, 1.165) is 40.7 Å². The highest BCUT2D eigenvalue weighted by Gasteiger charge is 2.30. The molecule has 3 nitrogen and oxygen atoms in total. The van der Waals surface area contributed by atoms with Crippen molar-refractivity contribution in [3.63, 3.8) is 0 Å². The maximum Gasteiger partial charge on any atom is 0.115 e. The number of halogens is 1. The number of aliphatic imine (C=N–C) groups is 1. The molecule has 2 aliphatic heterocycles. The molecule has 1 fully saturated rings. The van der Waals surface area contributed by atoms with E-state index in [2.05, 4.69) is 43.3 Å². The van der Waals surface area contributed by atoms with Gasteiger partial charge in [-0.3, -0.25) is 9.89 Å². The molecule has 1 N–H and O–H groups in total. The predicted molar refractivity (Wildman–Crippen MR) is 140 cm³/mol. The van der Waals surface area contributed by atoms with E-state index in [-0.39, 0.29) is 6.04 Å². The van der Waals surface area contributed by atoms with Crippen molar-refractivity contribution in [3.8, 4) is 5.75 Å². The van der Waals surface area contributed by atoms with Crippen molar-refractivity contribution >= 4 is 52.5 Å². The fourth-order valence-electron chi connectivity index (χ4n) is 4.94.